The van der Waals surface area contributed by atoms with Crippen LogP contribution in [0.15, 0.2) is 43.0 Å². The number of rotatable bonds is 1. The minimum atomic E-state index is -0.536. The Hall–Kier alpha value is -2.40. The quantitative estimate of drug-likeness (QED) is 0.751. The summed E-state index contributed by atoms with van der Waals surface area (Å²) in [7, 11) is 1.92. The van der Waals surface area contributed by atoms with Gasteiger partial charge in [-0.25, -0.2) is 4.98 Å². The predicted molar refractivity (Wildman–Crippen MR) is 85.8 cm³/mol. The van der Waals surface area contributed by atoms with Gasteiger partial charge in [0.15, 0.2) is 0 Å². The van der Waals surface area contributed by atoms with E-state index in [1.54, 1.807) is 0 Å². The molecule has 0 saturated heterocycles. The number of imidazole rings is 1. The van der Waals surface area contributed by atoms with Crippen molar-refractivity contribution in [3.63, 3.8) is 0 Å². The van der Waals surface area contributed by atoms with E-state index in [2.05, 4.69) is 38.9 Å². The molecule has 0 bridgehead atoms. The van der Waals surface area contributed by atoms with Crippen LogP contribution in [0.4, 0.5) is 0 Å². The van der Waals surface area contributed by atoms with Crippen molar-refractivity contribution < 1.29 is 5.11 Å². The number of hydrogen-bond donors (Lipinski definition) is 1. The number of fused-ring (bicyclic) bond motifs is 4. The minimum absolute atomic E-state index is 0.119. The van der Waals surface area contributed by atoms with E-state index in [0.717, 1.165) is 24.2 Å². The van der Waals surface area contributed by atoms with Gasteiger partial charge in [-0.3, -0.25) is 4.68 Å². The van der Waals surface area contributed by atoms with Crippen molar-refractivity contribution in [2.75, 3.05) is 0 Å². The summed E-state index contributed by atoms with van der Waals surface area (Å²) in [5, 5.41) is 15.5. The molecular formula is C18H18N4O. The molecule has 1 aliphatic heterocycles. The highest BCUT2D eigenvalue weighted by atomic mass is 16.3. The first-order chi connectivity index (χ1) is 11.2. The van der Waals surface area contributed by atoms with E-state index in [1.807, 2.05) is 30.5 Å². The summed E-state index contributed by atoms with van der Waals surface area (Å²) in [4.78, 5) is 4.32. The van der Waals surface area contributed by atoms with E-state index >= 15 is 0 Å². The van der Waals surface area contributed by atoms with Crippen molar-refractivity contribution >= 4 is 0 Å². The Morgan fingerprint density at radius 2 is 2.13 bits per heavy atom. The van der Waals surface area contributed by atoms with Crippen LogP contribution in [0.2, 0.25) is 0 Å². The van der Waals surface area contributed by atoms with Gasteiger partial charge in [-0.05, 0) is 24.0 Å². The summed E-state index contributed by atoms with van der Waals surface area (Å²) in [6.07, 6.45) is 7.22. The van der Waals surface area contributed by atoms with E-state index < -0.39 is 6.10 Å². The molecule has 2 aliphatic rings. The van der Waals surface area contributed by atoms with Gasteiger partial charge in [0.25, 0.3) is 0 Å². The van der Waals surface area contributed by atoms with Gasteiger partial charge < -0.3 is 9.67 Å². The predicted octanol–water partition coefficient (Wildman–Crippen LogP) is 2.48. The molecular weight excluding hydrogens is 288 g/mol. The minimum Gasteiger partial charge on any atom is -0.386 e. The van der Waals surface area contributed by atoms with E-state index in [1.165, 1.54) is 16.7 Å². The molecule has 0 saturated carbocycles. The van der Waals surface area contributed by atoms with Gasteiger partial charge in [0, 0.05) is 24.7 Å². The van der Waals surface area contributed by atoms with Crippen molar-refractivity contribution in [3.05, 3.63) is 59.8 Å². The smallest absolute Gasteiger partial charge is 0.103 e. The fourth-order valence-corrected chi connectivity index (χ4v) is 4.32. The maximum absolute atomic E-state index is 11.0. The van der Waals surface area contributed by atoms with E-state index in [9.17, 15) is 5.11 Å². The lowest BCUT2D eigenvalue weighted by Crippen LogP contribution is -2.28. The molecule has 0 radical (unpaired) electrons. The van der Waals surface area contributed by atoms with Gasteiger partial charge in [-0.1, -0.05) is 24.3 Å². The molecule has 1 aromatic carbocycles. The molecule has 3 aromatic rings. The summed E-state index contributed by atoms with van der Waals surface area (Å²) in [5.41, 5.74) is 5.68. The van der Waals surface area contributed by atoms with Crippen LogP contribution < -0.4 is 0 Å². The highest BCUT2D eigenvalue weighted by Gasteiger charge is 2.41. The highest BCUT2D eigenvalue weighted by Crippen LogP contribution is 2.49. The van der Waals surface area contributed by atoms with Crippen LogP contribution in [0.1, 0.15) is 35.4 Å². The number of aryl methyl sites for hydroxylation is 2. The molecule has 1 N–H and O–H groups in total. The molecule has 1 aliphatic carbocycles. The van der Waals surface area contributed by atoms with Crippen molar-refractivity contribution in [1.29, 1.82) is 0 Å². The Morgan fingerprint density at radius 3 is 3.04 bits per heavy atom. The topological polar surface area (TPSA) is 55.9 Å². The Balaban J connectivity index is 1.63. The van der Waals surface area contributed by atoms with Crippen LogP contribution in [0.5, 0.6) is 0 Å². The first kappa shape index (κ1) is 13.1. The van der Waals surface area contributed by atoms with Crippen molar-refractivity contribution in [2.24, 2.45) is 13.0 Å². The lowest BCUT2D eigenvalue weighted by molar-refractivity contribution is 0.0681. The van der Waals surface area contributed by atoms with Crippen LogP contribution in [0, 0.1) is 5.92 Å². The van der Waals surface area contributed by atoms with Crippen LogP contribution >= 0.6 is 0 Å². The van der Waals surface area contributed by atoms with Crippen LogP contribution in [0.25, 0.3) is 11.3 Å². The van der Waals surface area contributed by atoms with Gasteiger partial charge in [0.1, 0.15) is 6.10 Å². The lowest BCUT2D eigenvalue weighted by atomic mass is 9.78. The van der Waals surface area contributed by atoms with E-state index in [4.69, 9.17) is 0 Å². The van der Waals surface area contributed by atoms with Crippen LogP contribution in [-0.2, 0) is 13.5 Å². The number of aromatic nitrogens is 4. The molecule has 116 valence electrons. The highest BCUT2D eigenvalue weighted by molar-refractivity contribution is 5.69. The summed E-state index contributed by atoms with van der Waals surface area (Å²) >= 11 is 0. The molecule has 0 spiro atoms. The van der Waals surface area contributed by atoms with E-state index in [0.29, 0.717) is 0 Å². The van der Waals surface area contributed by atoms with Gasteiger partial charge >= 0.3 is 0 Å². The largest absolute Gasteiger partial charge is 0.386 e. The second kappa shape index (κ2) is 4.55. The summed E-state index contributed by atoms with van der Waals surface area (Å²) in [6.45, 7) is 0. The third-order valence-corrected chi connectivity index (χ3v) is 5.30. The number of benzene rings is 1. The maximum Gasteiger partial charge on any atom is 0.103 e. The average molecular weight is 306 g/mol. The lowest BCUT2D eigenvalue weighted by Gasteiger charge is -2.33. The molecule has 3 heterocycles. The third-order valence-electron chi connectivity index (χ3n) is 5.30. The first-order valence-corrected chi connectivity index (χ1v) is 8.05. The molecule has 5 heteroatoms. The molecule has 0 fully saturated rings. The Kier molecular flexibility index (Phi) is 2.59. The second-order valence-electron chi connectivity index (χ2n) is 6.58. The summed E-state index contributed by atoms with van der Waals surface area (Å²) in [5.74, 6) is 0.119. The monoisotopic (exact) mass is 306 g/mol. The molecule has 5 rings (SSSR count). The fourth-order valence-electron chi connectivity index (χ4n) is 4.32. The summed E-state index contributed by atoms with van der Waals surface area (Å²) in [6, 6.07) is 8.59. The Bertz CT molecular complexity index is 894. The normalized spacial score (nSPS) is 25.0. The maximum atomic E-state index is 11.0. The average Bonchev–Trinajstić information content (AvgIpc) is 3.22. The Morgan fingerprint density at radius 1 is 1.26 bits per heavy atom. The van der Waals surface area contributed by atoms with Gasteiger partial charge in [-0.15, -0.1) is 0 Å². The third kappa shape index (κ3) is 1.71. The molecule has 3 atom stereocenters. The fraction of sp³-hybridized carbons (Fsp3) is 0.333. The standard InChI is InChI=1S/C18H18N4O/c1-21-9-11-6-7-14(18(23)16(11)20-21)17-13-5-3-2-4-12(13)15-8-19-10-22(15)17/h2-5,8-10,14,17-18,23H,6-7H2,1H3/t14-,17-,18+/m1/s1. The molecule has 23 heavy (non-hydrogen) atoms. The zero-order chi connectivity index (χ0) is 15.6. The summed E-state index contributed by atoms with van der Waals surface area (Å²) < 4.78 is 4.02. The second-order valence-corrected chi connectivity index (χ2v) is 6.58. The van der Waals surface area contributed by atoms with Crippen LogP contribution in [-0.4, -0.2) is 24.4 Å². The van der Waals surface area contributed by atoms with Crippen molar-refractivity contribution in [1.82, 2.24) is 19.3 Å². The van der Waals surface area contributed by atoms with E-state index in [-0.39, 0.29) is 12.0 Å². The van der Waals surface area contributed by atoms with Crippen LogP contribution in [0.3, 0.4) is 0 Å². The van der Waals surface area contributed by atoms with Gasteiger partial charge in [-0.2, -0.15) is 5.10 Å². The number of aliphatic hydroxyl groups excluding tert-OH is 1. The molecule has 2 aromatic heterocycles. The molecule has 0 unspecified atom stereocenters. The number of nitrogens with zero attached hydrogens (tertiary/aromatic N) is 4. The molecule has 5 nitrogen and oxygen atoms in total. The Labute approximate surface area is 134 Å². The SMILES string of the molecule is Cn1cc2c(n1)[C@@H](O)[C@@H]([C@H]1c3ccccc3-c3cncn31)CC2. The van der Waals surface area contributed by atoms with Gasteiger partial charge in [0.2, 0.25) is 0 Å². The number of aliphatic hydroxyl groups is 1. The van der Waals surface area contributed by atoms with Crippen molar-refractivity contribution in [3.8, 4) is 11.3 Å². The zero-order valence-corrected chi connectivity index (χ0v) is 12.9. The van der Waals surface area contributed by atoms with Gasteiger partial charge in [0.05, 0.1) is 30.0 Å². The van der Waals surface area contributed by atoms with Crippen molar-refractivity contribution in [2.45, 2.75) is 25.0 Å². The molecule has 0 amide bonds. The number of hydrogen-bond acceptors (Lipinski definition) is 3. The first-order valence-electron chi connectivity index (χ1n) is 8.05. The zero-order valence-electron chi connectivity index (χ0n) is 12.9.